The molecule has 0 fully saturated rings. The van der Waals surface area contributed by atoms with Crippen LogP contribution >= 0.6 is 11.3 Å². The molecule has 4 N–H and O–H groups in total. The SMILES string of the molecule is COc1ccc2nc(Nc3ncnc(NCCc4ccc(OC)c(OC)c4)c3N)sc2c1. The number of aromatic nitrogens is 3. The van der Waals surface area contributed by atoms with Crippen LogP contribution in [0.5, 0.6) is 17.2 Å². The Bertz CT molecular complexity index is 1230. The number of hydrogen-bond acceptors (Lipinski definition) is 10. The summed E-state index contributed by atoms with van der Waals surface area (Å²) in [6, 6.07) is 11.6. The summed E-state index contributed by atoms with van der Waals surface area (Å²) in [5, 5.41) is 7.16. The van der Waals surface area contributed by atoms with Gasteiger partial charge in [-0.05, 0) is 42.3 Å². The highest BCUT2D eigenvalue weighted by Gasteiger charge is 2.12. The van der Waals surface area contributed by atoms with Crippen LogP contribution in [0.4, 0.5) is 22.5 Å². The summed E-state index contributed by atoms with van der Waals surface area (Å²) in [5.74, 6) is 3.25. The van der Waals surface area contributed by atoms with E-state index in [9.17, 15) is 0 Å². The number of nitrogens with zero attached hydrogens (tertiary/aromatic N) is 3. The first-order valence-electron chi connectivity index (χ1n) is 9.88. The van der Waals surface area contributed by atoms with Crippen molar-refractivity contribution in [1.29, 1.82) is 0 Å². The molecule has 0 aliphatic carbocycles. The Morgan fingerprint density at radius 1 is 0.938 bits per heavy atom. The molecule has 0 atom stereocenters. The molecule has 0 spiro atoms. The Hall–Kier alpha value is -3.79. The summed E-state index contributed by atoms with van der Waals surface area (Å²) < 4.78 is 16.9. The monoisotopic (exact) mass is 452 g/mol. The van der Waals surface area contributed by atoms with Gasteiger partial charge in [-0.15, -0.1) is 0 Å². The van der Waals surface area contributed by atoms with Crippen LogP contribution in [0.15, 0.2) is 42.7 Å². The van der Waals surface area contributed by atoms with Gasteiger partial charge in [0.15, 0.2) is 28.3 Å². The molecule has 4 aromatic rings. The fourth-order valence-electron chi connectivity index (χ4n) is 3.18. The molecule has 4 rings (SSSR count). The molecule has 0 aliphatic heterocycles. The lowest BCUT2D eigenvalue weighted by Gasteiger charge is -2.12. The molecule has 0 amide bonds. The number of thiazole rings is 1. The highest BCUT2D eigenvalue weighted by molar-refractivity contribution is 7.22. The Labute approximate surface area is 189 Å². The Balaban J connectivity index is 1.43. The highest BCUT2D eigenvalue weighted by atomic mass is 32.1. The molecule has 9 nitrogen and oxygen atoms in total. The number of nitrogens with one attached hydrogen (secondary N) is 2. The third-order valence-electron chi connectivity index (χ3n) is 4.86. The van der Waals surface area contributed by atoms with E-state index in [1.54, 1.807) is 21.3 Å². The van der Waals surface area contributed by atoms with Crippen LogP contribution in [0.3, 0.4) is 0 Å². The maximum Gasteiger partial charge on any atom is 0.189 e. The number of nitrogen functional groups attached to an aromatic ring is 1. The summed E-state index contributed by atoms with van der Waals surface area (Å²) in [6.07, 6.45) is 2.22. The molecule has 0 unspecified atom stereocenters. The van der Waals surface area contributed by atoms with E-state index in [4.69, 9.17) is 19.9 Å². The zero-order valence-electron chi connectivity index (χ0n) is 18.0. The van der Waals surface area contributed by atoms with E-state index in [1.165, 1.54) is 17.7 Å². The molecule has 32 heavy (non-hydrogen) atoms. The molecule has 0 aliphatic rings. The van der Waals surface area contributed by atoms with Crippen molar-refractivity contribution in [3.63, 3.8) is 0 Å². The van der Waals surface area contributed by atoms with Gasteiger partial charge < -0.3 is 30.6 Å². The average molecular weight is 453 g/mol. The number of anilines is 4. The molecule has 166 valence electrons. The second-order valence-corrected chi connectivity index (χ2v) is 7.86. The number of methoxy groups -OCH3 is 3. The molecule has 0 radical (unpaired) electrons. The minimum absolute atomic E-state index is 0.427. The van der Waals surface area contributed by atoms with Crippen LogP contribution < -0.4 is 30.6 Å². The molecule has 0 saturated heterocycles. The van der Waals surface area contributed by atoms with Gasteiger partial charge in [-0.3, -0.25) is 0 Å². The van der Waals surface area contributed by atoms with Gasteiger partial charge in [-0.25, -0.2) is 15.0 Å². The van der Waals surface area contributed by atoms with Crippen molar-refractivity contribution in [2.45, 2.75) is 6.42 Å². The topological polar surface area (TPSA) is 116 Å². The number of hydrogen-bond donors (Lipinski definition) is 3. The van der Waals surface area contributed by atoms with Crippen LogP contribution in [-0.2, 0) is 6.42 Å². The second kappa shape index (κ2) is 9.56. The molecule has 2 heterocycles. The third kappa shape index (κ3) is 4.59. The van der Waals surface area contributed by atoms with Crippen molar-refractivity contribution in [3.8, 4) is 17.2 Å². The molecule has 0 saturated carbocycles. The van der Waals surface area contributed by atoms with Crippen molar-refractivity contribution in [1.82, 2.24) is 15.0 Å². The van der Waals surface area contributed by atoms with Crippen LogP contribution in [-0.4, -0.2) is 42.8 Å². The fourth-order valence-corrected chi connectivity index (χ4v) is 4.08. The summed E-state index contributed by atoms with van der Waals surface area (Å²) in [7, 11) is 4.88. The Morgan fingerprint density at radius 3 is 2.53 bits per heavy atom. The predicted octanol–water partition coefficient (Wildman–Crippen LogP) is 4.09. The second-order valence-electron chi connectivity index (χ2n) is 6.83. The lowest BCUT2D eigenvalue weighted by Crippen LogP contribution is -2.10. The van der Waals surface area contributed by atoms with Crippen LogP contribution in [0.25, 0.3) is 10.2 Å². The number of nitrogens with two attached hydrogens (primary N) is 1. The van der Waals surface area contributed by atoms with Gasteiger partial charge in [0.05, 0.1) is 31.5 Å². The van der Waals surface area contributed by atoms with Gasteiger partial charge in [0.1, 0.15) is 17.8 Å². The minimum Gasteiger partial charge on any atom is -0.497 e. The standard InChI is InChI=1S/C22H24N6O3S/c1-29-14-5-6-15-18(11-14)32-22(27-15)28-21-19(23)20(25-12-26-21)24-9-8-13-4-7-16(30-2)17(10-13)31-3/h4-7,10-12H,8-9,23H2,1-3H3,(H2,24,25,26,27,28). The number of ether oxygens (including phenoxy) is 3. The van der Waals surface area contributed by atoms with Crippen molar-refractivity contribution >= 4 is 44.0 Å². The van der Waals surface area contributed by atoms with Crippen molar-refractivity contribution in [2.75, 3.05) is 44.2 Å². The van der Waals surface area contributed by atoms with Gasteiger partial charge >= 0.3 is 0 Å². The van der Waals surface area contributed by atoms with Crippen LogP contribution in [0.2, 0.25) is 0 Å². The fraction of sp³-hybridized carbons (Fsp3) is 0.227. The van der Waals surface area contributed by atoms with E-state index >= 15 is 0 Å². The molecular weight excluding hydrogens is 428 g/mol. The lowest BCUT2D eigenvalue weighted by molar-refractivity contribution is 0.354. The van der Waals surface area contributed by atoms with Gasteiger partial charge in [0.2, 0.25) is 0 Å². The maximum atomic E-state index is 6.30. The van der Waals surface area contributed by atoms with Gasteiger partial charge in [-0.2, -0.15) is 0 Å². The smallest absolute Gasteiger partial charge is 0.189 e. The lowest BCUT2D eigenvalue weighted by atomic mass is 10.1. The van der Waals surface area contributed by atoms with E-state index < -0.39 is 0 Å². The van der Waals surface area contributed by atoms with Gasteiger partial charge in [0.25, 0.3) is 0 Å². The van der Waals surface area contributed by atoms with E-state index in [0.29, 0.717) is 40.5 Å². The number of fused-ring (bicyclic) bond motifs is 1. The van der Waals surface area contributed by atoms with Crippen molar-refractivity contribution in [2.24, 2.45) is 0 Å². The van der Waals surface area contributed by atoms with E-state index in [-0.39, 0.29) is 0 Å². The molecular formula is C22H24N6O3S. The first kappa shape index (κ1) is 21.4. The summed E-state index contributed by atoms with van der Waals surface area (Å²) in [6.45, 7) is 0.636. The van der Waals surface area contributed by atoms with Crippen LogP contribution in [0.1, 0.15) is 5.56 Å². The zero-order chi connectivity index (χ0) is 22.5. The highest BCUT2D eigenvalue weighted by Crippen LogP contribution is 2.33. The zero-order valence-corrected chi connectivity index (χ0v) is 18.8. The normalized spacial score (nSPS) is 10.7. The minimum atomic E-state index is 0.427. The maximum absolute atomic E-state index is 6.30. The number of benzene rings is 2. The largest absolute Gasteiger partial charge is 0.497 e. The summed E-state index contributed by atoms with van der Waals surface area (Å²) in [5.41, 5.74) is 8.71. The Morgan fingerprint density at radius 2 is 1.75 bits per heavy atom. The van der Waals surface area contributed by atoms with Gasteiger partial charge in [0, 0.05) is 6.54 Å². The Kier molecular flexibility index (Phi) is 6.41. The van der Waals surface area contributed by atoms with E-state index in [2.05, 4.69) is 25.6 Å². The van der Waals surface area contributed by atoms with Crippen molar-refractivity contribution in [3.05, 3.63) is 48.3 Å². The molecule has 10 heteroatoms. The van der Waals surface area contributed by atoms with Crippen LogP contribution in [0, 0.1) is 0 Å². The predicted molar refractivity (Wildman–Crippen MR) is 128 cm³/mol. The molecule has 2 aromatic heterocycles. The quantitative estimate of drug-likeness (QED) is 0.345. The molecule has 0 bridgehead atoms. The first-order chi connectivity index (χ1) is 15.6. The summed E-state index contributed by atoms with van der Waals surface area (Å²) >= 11 is 1.50. The van der Waals surface area contributed by atoms with E-state index in [1.807, 2.05) is 36.4 Å². The van der Waals surface area contributed by atoms with Gasteiger partial charge in [-0.1, -0.05) is 17.4 Å². The van der Waals surface area contributed by atoms with Crippen molar-refractivity contribution < 1.29 is 14.2 Å². The number of rotatable bonds is 9. The average Bonchev–Trinajstić information content (AvgIpc) is 3.22. The third-order valence-corrected chi connectivity index (χ3v) is 5.79. The molecule has 2 aromatic carbocycles. The first-order valence-corrected chi connectivity index (χ1v) is 10.7. The summed E-state index contributed by atoms with van der Waals surface area (Å²) in [4.78, 5) is 13.1. The van der Waals surface area contributed by atoms with E-state index in [0.717, 1.165) is 28.0 Å².